The highest BCUT2D eigenvalue weighted by atomic mass is 32.2. The largest absolute Gasteiger partial charge is 0.465 e. The van der Waals surface area contributed by atoms with Gasteiger partial charge in [-0.05, 0) is 38.9 Å². The first kappa shape index (κ1) is 14.8. The highest BCUT2D eigenvalue weighted by Gasteiger charge is 2.39. The molecule has 17 heavy (non-hydrogen) atoms. The first-order chi connectivity index (χ1) is 8.12. The molecular weight excluding hydrogens is 238 g/mol. The van der Waals surface area contributed by atoms with Crippen molar-refractivity contribution < 1.29 is 14.6 Å². The van der Waals surface area contributed by atoms with Gasteiger partial charge in [0.05, 0.1) is 6.61 Å². The van der Waals surface area contributed by atoms with Crippen molar-refractivity contribution in [3.05, 3.63) is 0 Å². The molecular formula is C12H23NO3S. The first-order valence-corrected chi connectivity index (χ1v) is 7.41. The molecule has 1 atom stereocenters. The Morgan fingerprint density at radius 1 is 1.59 bits per heavy atom. The molecule has 1 saturated carbocycles. The van der Waals surface area contributed by atoms with E-state index in [-0.39, 0.29) is 12.6 Å². The van der Waals surface area contributed by atoms with E-state index in [1.54, 1.807) is 11.8 Å². The average molecular weight is 261 g/mol. The molecule has 0 aromatic rings. The minimum Gasteiger partial charge on any atom is -0.465 e. The topological polar surface area (TPSA) is 58.6 Å². The standard InChI is InChI=1S/C12H23NO3S/c1-3-16-11(15)12(2,13-10-5-6-10)9-17-8-4-7-14/h10,13-14H,3-9H2,1-2H3. The van der Waals surface area contributed by atoms with Crippen LogP contribution in [-0.2, 0) is 9.53 Å². The third-order valence-corrected chi connectivity index (χ3v) is 4.02. The third-order valence-electron chi connectivity index (χ3n) is 2.66. The van der Waals surface area contributed by atoms with Crippen molar-refractivity contribution in [1.82, 2.24) is 5.32 Å². The van der Waals surface area contributed by atoms with Crippen molar-refractivity contribution in [3.63, 3.8) is 0 Å². The van der Waals surface area contributed by atoms with Gasteiger partial charge in [-0.25, -0.2) is 0 Å². The molecule has 0 bridgehead atoms. The third kappa shape index (κ3) is 5.27. The summed E-state index contributed by atoms with van der Waals surface area (Å²) in [6, 6.07) is 0.475. The molecule has 1 fully saturated rings. The van der Waals surface area contributed by atoms with E-state index in [1.165, 1.54) is 0 Å². The molecule has 0 saturated heterocycles. The second-order valence-corrected chi connectivity index (χ2v) is 5.71. The van der Waals surface area contributed by atoms with Gasteiger partial charge in [0.2, 0.25) is 0 Å². The maximum absolute atomic E-state index is 11.9. The number of carbonyl (C=O) groups is 1. The molecule has 4 nitrogen and oxygen atoms in total. The minimum absolute atomic E-state index is 0.164. The number of aliphatic hydroxyl groups excluding tert-OH is 1. The lowest BCUT2D eigenvalue weighted by Crippen LogP contribution is -2.53. The molecule has 0 spiro atoms. The quantitative estimate of drug-likeness (QED) is 0.482. The van der Waals surface area contributed by atoms with Gasteiger partial charge in [-0.2, -0.15) is 11.8 Å². The summed E-state index contributed by atoms with van der Waals surface area (Å²) >= 11 is 1.69. The van der Waals surface area contributed by atoms with Gasteiger partial charge >= 0.3 is 5.97 Å². The van der Waals surface area contributed by atoms with E-state index < -0.39 is 5.54 Å². The first-order valence-electron chi connectivity index (χ1n) is 6.26. The predicted molar refractivity (Wildman–Crippen MR) is 70.2 cm³/mol. The van der Waals surface area contributed by atoms with Crippen molar-refractivity contribution in [3.8, 4) is 0 Å². The molecule has 1 aliphatic carbocycles. The molecule has 0 aromatic heterocycles. The van der Waals surface area contributed by atoms with Crippen LogP contribution in [0.1, 0.15) is 33.1 Å². The van der Waals surface area contributed by atoms with E-state index in [2.05, 4.69) is 5.32 Å². The second-order valence-electron chi connectivity index (χ2n) is 4.60. The molecule has 5 heteroatoms. The smallest absolute Gasteiger partial charge is 0.326 e. The van der Waals surface area contributed by atoms with Crippen LogP contribution in [0.3, 0.4) is 0 Å². The summed E-state index contributed by atoms with van der Waals surface area (Å²) in [7, 11) is 0. The van der Waals surface area contributed by atoms with Crippen molar-refractivity contribution >= 4 is 17.7 Å². The van der Waals surface area contributed by atoms with Crippen LogP contribution in [0.25, 0.3) is 0 Å². The molecule has 0 aliphatic heterocycles. The van der Waals surface area contributed by atoms with E-state index in [0.717, 1.165) is 25.0 Å². The summed E-state index contributed by atoms with van der Waals surface area (Å²) in [4.78, 5) is 11.9. The number of nitrogens with one attached hydrogen (secondary N) is 1. The number of carbonyl (C=O) groups excluding carboxylic acids is 1. The molecule has 1 unspecified atom stereocenters. The normalized spacial score (nSPS) is 18.8. The van der Waals surface area contributed by atoms with Crippen molar-refractivity contribution in [2.45, 2.75) is 44.7 Å². The SMILES string of the molecule is CCOC(=O)C(C)(CSCCCO)NC1CC1. The number of aliphatic hydroxyl groups is 1. The fourth-order valence-corrected chi connectivity index (χ4v) is 2.66. The van der Waals surface area contributed by atoms with Gasteiger partial charge in [0.25, 0.3) is 0 Å². The van der Waals surface area contributed by atoms with Gasteiger partial charge in [-0.15, -0.1) is 0 Å². The summed E-state index contributed by atoms with van der Waals surface area (Å²) in [5, 5.41) is 12.1. The summed E-state index contributed by atoms with van der Waals surface area (Å²) in [6.07, 6.45) is 3.07. The molecule has 0 radical (unpaired) electrons. The van der Waals surface area contributed by atoms with Gasteiger partial charge < -0.3 is 9.84 Å². The lowest BCUT2D eigenvalue weighted by molar-refractivity contribution is -0.149. The Morgan fingerprint density at radius 3 is 2.82 bits per heavy atom. The molecule has 100 valence electrons. The van der Waals surface area contributed by atoms with Crippen molar-refractivity contribution in [2.24, 2.45) is 0 Å². The number of ether oxygens (including phenoxy) is 1. The zero-order valence-electron chi connectivity index (χ0n) is 10.7. The molecule has 0 amide bonds. The van der Waals surface area contributed by atoms with Gasteiger partial charge in [-0.1, -0.05) is 0 Å². The van der Waals surface area contributed by atoms with E-state index >= 15 is 0 Å². The monoisotopic (exact) mass is 261 g/mol. The molecule has 0 heterocycles. The fraction of sp³-hybridized carbons (Fsp3) is 0.917. The number of esters is 1. The lowest BCUT2D eigenvalue weighted by Gasteiger charge is -2.28. The second kappa shape index (κ2) is 7.24. The summed E-state index contributed by atoms with van der Waals surface area (Å²) in [5.74, 6) is 1.41. The number of thioether (sulfide) groups is 1. The molecule has 1 rings (SSSR count). The van der Waals surface area contributed by atoms with Gasteiger partial charge in [0.1, 0.15) is 5.54 Å². The van der Waals surface area contributed by atoms with Gasteiger partial charge in [0.15, 0.2) is 0 Å². The number of rotatable bonds is 9. The average Bonchev–Trinajstić information content (AvgIpc) is 3.08. The predicted octanol–water partition coefficient (Wildman–Crippen LogP) is 1.18. The lowest BCUT2D eigenvalue weighted by atomic mass is 10.1. The summed E-state index contributed by atoms with van der Waals surface area (Å²) < 4.78 is 5.13. The van der Waals surface area contributed by atoms with Gasteiger partial charge in [-0.3, -0.25) is 10.1 Å². The highest BCUT2D eigenvalue weighted by molar-refractivity contribution is 7.99. The Kier molecular flexibility index (Phi) is 6.30. The van der Waals surface area contributed by atoms with Crippen LogP contribution in [-0.4, -0.2) is 47.4 Å². The van der Waals surface area contributed by atoms with E-state index in [0.29, 0.717) is 18.4 Å². The van der Waals surface area contributed by atoms with E-state index in [4.69, 9.17) is 9.84 Å². The highest BCUT2D eigenvalue weighted by Crippen LogP contribution is 2.25. The minimum atomic E-state index is -0.586. The number of hydrogen-bond acceptors (Lipinski definition) is 5. The van der Waals surface area contributed by atoms with Crippen LogP contribution in [0.5, 0.6) is 0 Å². The van der Waals surface area contributed by atoms with Crippen molar-refractivity contribution in [2.75, 3.05) is 24.7 Å². The van der Waals surface area contributed by atoms with Crippen LogP contribution >= 0.6 is 11.8 Å². The summed E-state index contributed by atoms with van der Waals surface area (Å²) in [6.45, 7) is 4.37. The van der Waals surface area contributed by atoms with Gasteiger partial charge in [0, 0.05) is 18.4 Å². The van der Waals surface area contributed by atoms with Crippen LogP contribution in [0.2, 0.25) is 0 Å². The number of hydrogen-bond donors (Lipinski definition) is 2. The Balaban J connectivity index is 2.41. The Bertz CT molecular complexity index is 246. The molecule has 2 N–H and O–H groups in total. The Hall–Kier alpha value is -0.260. The van der Waals surface area contributed by atoms with E-state index in [1.807, 2.05) is 13.8 Å². The Labute approximate surface area is 107 Å². The van der Waals surface area contributed by atoms with E-state index in [9.17, 15) is 4.79 Å². The fourth-order valence-electron chi connectivity index (χ4n) is 1.57. The van der Waals surface area contributed by atoms with Crippen LogP contribution in [0.15, 0.2) is 0 Å². The maximum Gasteiger partial charge on any atom is 0.326 e. The molecule has 0 aromatic carbocycles. The van der Waals surface area contributed by atoms with Crippen LogP contribution in [0.4, 0.5) is 0 Å². The maximum atomic E-state index is 11.9. The van der Waals surface area contributed by atoms with Crippen molar-refractivity contribution in [1.29, 1.82) is 0 Å². The zero-order valence-corrected chi connectivity index (χ0v) is 11.5. The summed E-state index contributed by atoms with van der Waals surface area (Å²) in [5.41, 5.74) is -0.586. The van der Waals surface area contributed by atoms with Crippen LogP contribution in [0, 0.1) is 0 Å². The molecule has 1 aliphatic rings. The zero-order chi connectivity index (χ0) is 12.7. The Morgan fingerprint density at radius 2 is 2.29 bits per heavy atom. The van der Waals surface area contributed by atoms with Crippen LogP contribution < -0.4 is 5.32 Å².